The number of benzene rings is 1. The molecule has 7 atom stereocenters. The Hall–Kier alpha value is -1.66. The first kappa shape index (κ1) is 26.4. The third-order valence-corrected chi connectivity index (χ3v) is 9.76. The average molecular weight is 524 g/mol. The number of rotatable bonds is 9. The van der Waals surface area contributed by atoms with Gasteiger partial charge in [-0.3, -0.25) is 23.4 Å². The van der Waals surface area contributed by atoms with Gasteiger partial charge in [-0.15, -0.1) is 0 Å². The molecule has 2 saturated heterocycles. The van der Waals surface area contributed by atoms with Crippen molar-refractivity contribution in [1.82, 2.24) is 9.55 Å². The lowest BCUT2D eigenvalue weighted by molar-refractivity contribution is -0.0321. The molecule has 2 aliphatic rings. The van der Waals surface area contributed by atoms with Crippen LogP contribution in [0.15, 0.2) is 51.0 Å². The van der Waals surface area contributed by atoms with Crippen molar-refractivity contribution in [3.8, 4) is 0 Å². The van der Waals surface area contributed by atoms with E-state index >= 15 is 0 Å². The van der Waals surface area contributed by atoms with Gasteiger partial charge in [0.05, 0.1) is 25.4 Å². The van der Waals surface area contributed by atoms with E-state index in [1.807, 2.05) is 45.1 Å². The third kappa shape index (κ3) is 6.38. The molecule has 2 fully saturated rings. The van der Waals surface area contributed by atoms with Crippen molar-refractivity contribution in [3.05, 3.63) is 62.9 Å². The fourth-order valence-corrected chi connectivity index (χ4v) is 7.77. The summed E-state index contributed by atoms with van der Waals surface area (Å²) in [5.41, 5.74) is -0.567. The zero-order chi connectivity index (χ0) is 25.2. The predicted octanol–water partition coefficient (Wildman–Crippen LogP) is 1.81. The Morgan fingerprint density at radius 2 is 1.97 bits per heavy atom. The van der Waals surface area contributed by atoms with Gasteiger partial charge in [0.25, 0.3) is 5.56 Å². The summed E-state index contributed by atoms with van der Waals surface area (Å²) in [7, 11) is 1.87. The van der Waals surface area contributed by atoms with Crippen LogP contribution in [0.25, 0.3) is 0 Å². The van der Waals surface area contributed by atoms with Crippen molar-refractivity contribution in [1.29, 1.82) is 0 Å². The van der Waals surface area contributed by atoms with Crippen LogP contribution >= 0.6 is 18.2 Å². The average Bonchev–Trinajstić information content (AvgIpc) is 3.36. The van der Waals surface area contributed by atoms with E-state index in [1.165, 1.54) is 10.8 Å². The van der Waals surface area contributed by atoms with E-state index in [1.54, 1.807) is 6.92 Å². The second-order valence-electron chi connectivity index (χ2n) is 9.02. The Labute approximate surface area is 208 Å². The molecule has 2 N–H and O–H groups in total. The monoisotopic (exact) mass is 524 g/mol. The lowest BCUT2D eigenvalue weighted by atomic mass is 9.96. The summed E-state index contributed by atoms with van der Waals surface area (Å²) in [4.78, 5) is 27.0. The molecule has 13 heteroatoms. The quantitative estimate of drug-likeness (QED) is 0.373. The van der Waals surface area contributed by atoms with E-state index in [9.17, 15) is 19.3 Å². The summed E-state index contributed by atoms with van der Waals surface area (Å²) in [6.07, 6.45) is 0.315. The van der Waals surface area contributed by atoms with Gasteiger partial charge in [-0.25, -0.2) is 9.36 Å². The first-order chi connectivity index (χ1) is 16.7. The van der Waals surface area contributed by atoms with Crippen molar-refractivity contribution < 1.29 is 28.2 Å². The van der Waals surface area contributed by atoms with Crippen molar-refractivity contribution in [2.24, 2.45) is 5.92 Å². The topological polar surface area (TPSA) is 129 Å². The molecule has 1 aromatic carbocycles. The molecule has 0 amide bonds. The van der Waals surface area contributed by atoms with E-state index in [4.69, 9.17) is 18.5 Å². The number of H-pyrrole nitrogens is 1. The second-order valence-corrected chi connectivity index (χ2v) is 12.9. The van der Waals surface area contributed by atoms with Crippen molar-refractivity contribution in [2.75, 3.05) is 13.2 Å². The summed E-state index contributed by atoms with van der Waals surface area (Å²) < 4.78 is 38.9. The lowest BCUT2D eigenvalue weighted by Crippen LogP contribution is -2.33. The molecule has 190 valence electrons. The van der Waals surface area contributed by atoms with Gasteiger partial charge < -0.3 is 14.6 Å². The van der Waals surface area contributed by atoms with E-state index in [0.717, 1.165) is 16.3 Å². The summed E-state index contributed by atoms with van der Waals surface area (Å²) in [6.45, 7) is -0.414. The molecule has 3 heterocycles. The van der Waals surface area contributed by atoms with Gasteiger partial charge in [0, 0.05) is 22.7 Å². The Bertz CT molecular complexity index is 1180. The zero-order valence-corrected chi connectivity index (χ0v) is 21.6. The fraction of sp³-hybridized carbons (Fsp3) is 0.545. The minimum Gasteiger partial charge on any atom is -0.394 e. The molecule has 35 heavy (non-hydrogen) atoms. The highest BCUT2D eigenvalue weighted by molar-refractivity contribution is 8.55. The van der Waals surface area contributed by atoms with Gasteiger partial charge in [-0.2, -0.15) is 0 Å². The van der Waals surface area contributed by atoms with Gasteiger partial charge in [-0.1, -0.05) is 25.1 Å². The number of aliphatic hydroxyl groups is 1. The van der Waals surface area contributed by atoms with Gasteiger partial charge >= 0.3 is 12.5 Å². The number of aromatic nitrogens is 2. The maximum absolute atomic E-state index is 13.9. The molecule has 0 spiro atoms. The minimum atomic E-state index is -3.73. The molecular formula is C22H30BN2O8PS. The van der Waals surface area contributed by atoms with E-state index in [-0.39, 0.29) is 25.1 Å². The van der Waals surface area contributed by atoms with Crippen LogP contribution in [0.2, 0.25) is 0 Å². The smallest absolute Gasteiger partial charge is 0.394 e. The highest BCUT2D eigenvalue weighted by Gasteiger charge is 2.42. The summed E-state index contributed by atoms with van der Waals surface area (Å²) >= 11 is 1.00. The SMILES string of the molecule is B[C@H]1C[C@@H](OP(=O)(OC[C@H]2O[C@@H](n3cc(C)c(=O)[nH]c3=O)C[C@H]2C)Sc2ccccc2)[C@@H](CO)O1. The Morgan fingerprint density at radius 1 is 1.23 bits per heavy atom. The maximum atomic E-state index is 13.9. The molecule has 4 rings (SSSR count). The van der Waals surface area contributed by atoms with Gasteiger partial charge in [0.15, 0.2) is 0 Å². The van der Waals surface area contributed by atoms with Crippen LogP contribution in [0.4, 0.5) is 0 Å². The normalized spacial score (nSPS) is 30.4. The number of ether oxygens (including phenoxy) is 2. The number of nitrogens with zero attached hydrogens (tertiary/aromatic N) is 1. The first-order valence-corrected chi connectivity index (χ1v) is 14.6. The van der Waals surface area contributed by atoms with Crippen LogP contribution in [0, 0.1) is 12.8 Å². The number of nitrogens with one attached hydrogen (secondary N) is 1. The van der Waals surface area contributed by atoms with Gasteiger partial charge in [0.1, 0.15) is 20.2 Å². The van der Waals surface area contributed by atoms with Crippen LogP contribution in [-0.4, -0.2) is 60.0 Å². The second kappa shape index (κ2) is 11.2. The minimum absolute atomic E-state index is 0.00524. The molecule has 0 saturated carbocycles. The number of hydrogen-bond acceptors (Lipinski definition) is 9. The number of aliphatic hydroxyl groups excluding tert-OH is 1. The third-order valence-electron chi connectivity index (χ3n) is 6.18. The highest BCUT2D eigenvalue weighted by atomic mass is 32.7. The predicted molar refractivity (Wildman–Crippen MR) is 133 cm³/mol. The van der Waals surface area contributed by atoms with Crippen molar-refractivity contribution in [3.63, 3.8) is 0 Å². The maximum Gasteiger partial charge on any atom is 0.394 e. The number of aryl methyl sites for hydroxylation is 1. The molecule has 10 nitrogen and oxygen atoms in total. The van der Waals surface area contributed by atoms with Crippen LogP contribution in [0.5, 0.6) is 0 Å². The molecule has 1 aromatic heterocycles. The van der Waals surface area contributed by atoms with Gasteiger partial charge in [0.2, 0.25) is 0 Å². The molecule has 0 bridgehead atoms. The largest absolute Gasteiger partial charge is 0.394 e. The summed E-state index contributed by atoms with van der Waals surface area (Å²) in [6, 6.07) is 9.03. The molecule has 0 radical (unpaired) electrons. The van der Waals surface area contributed by atoms with Crippen molar-refractivity contribution >= 4 is 26.0 Å². The number of aromatic amines is 1. The summed E-state index contributed by atoms with van der Waals surface area (Å²) in [5.74, 6) is -0.00524. The lowest BCUT2D eigenvalue weighted by Gasteiger charge is -2.25. The van der Waals surface area contributed by atoms with E-state index in [0.29, 0.717) is 18.4 Å². The van der Waals surface area contributed by atoms with E-state index < -0.39 is 42.6 Å². The van der Waals surface area contributed by atoms with E-state index in [2.05, 4.69) is 4.98 Å². The first-order valence-electron chi connectivity index (χ1n) is 11.6. The molecule has 0 aliphatic carbocycles. The molecule has 2 aromatic rings. The Morgan fingerprint density at radius 3 is 2.69 bits per heavy atom. The van der Waals surface area contributed by atoms with Crippen LogP contribution in [0.1, 0.15) is 31.6 Å². The van der Waals surface area contributed by atoms with Crippen LogP contribution in [-0.2, 0) is 23.1 Å². The molecular weight excluding hydrogens is 494 g/mol. The Kier molecular flexibility index (Phi) is 8.43. The standard InChI is InChI=1S/C22H30BN2O8PS/c1-13-8-20(25-10-14(2)21(27)24-22(25)28)32-18(13)12-30-34(29,35-15-6-4-3-5-7-15)33-16-9-19(23)31-17(16)11-26/h3-7,10,13,16-20,26H,8-9,11-12,23H2,1-2H3,(H,24,27,28)/t13-,16-,17-,18-,19-,20-,34?/m1/s1. The Balaban J connectivity index is 1.48. The number of hydrogen-bond donors (Lipinski definition) is 2. The molecule has 1 unspecified atom stereocenters. The fourth-order valence-electron chi connectivity index (χ4n) is 4.26. The zero-order valence-electron chi connectivity index (χ0n) is 19.9. The van der Waals surface area contributed by atoms with Gasteiger partial charge in [-0.05, 0) is 49.2 Å². The van der Waals surface area contributed by atoms with Crippen LogP contribution in [0.3, 0.4) is 0 Å². The summed E-state index contributed by atoms with van der Waals surface area (Å²) in [5, 5.41) is 9.66. The van der Waals surface area contributed by atoms with Crippen LogP contribution < -0.4 is 11.2 Å². The van der Waals surface area contributed by atoms with Crippen molar-refractivity contribution in [2.45, 2.75) is 62.1 Å². The molecule has 2 aliphatic heterocycles. The highest BCUT2D eigenvalue weighted by Crippen LogP contribution is 2.65.